The third-order valence-electron chi connectivity index (χ3n) is 3.98. The Balaban J connectivity index is 1.98. The van der Waals surface area contributed by atoms with Gasteiger partial charge in [-0.3, -0.25) is 0 Å². The summed E-state index contributed by atoms with van der Waals surface area (Å²) in [7, 11) is 0. The summed E-state index contributed by atoms with van der Waals surface area (Å²) < 4.78 is 14.6. The van der Waals surface area contributed by atoms with Crippen LogP contribution in [-0.2, 0) is 6.42 Å². The van der Waals surface area contributed by atoms with E-state index < -0.39 is 0 Å². The van der Waals surface area contributed by atoms with Crippen LogP contribution in [0.4, 0.5) is 4.39 Å². The van der Waals surface area contributed by atoms with E-state index in [4.69, 9.17) is 5.73 Å². The van der Waals surface area contributed by atoms with Gasteiger partial charge in [-0.1, -0.05) is 47.7 Å². The summed E-state index contributed by atoms with van der Waals surface area (Å²) in [5.74, 6) is 0.420. The third kappa shape index (κ3) is 3.79. The summed E-state index contributed by atoms with van der Waals surface area (Å²) in [4.78, 5) is 0. The van der Waals surface area contributed by atoms with Crippen molar-refractivity contribution in [3.05, 3.63) is 34.1 Å². The molecule has 1 fully saturated rings. The lowest BCUT2D eigenvalue weighted by Crippen LogP contribution is -2.32. The van der Waals surface area contributed by atoms with Crippen LogP contribution in [0.5, 0.6) is 0 Å². The van der Waals surface area contributed by atoms with Crippen molar-refractivity contribution in [2.75, 3.05) is 0 Å². The van der Waals surface area contributed by atoms with E-state index >= 15 is 0 Å². The molecule has 0 spiro atoms. The van der Waals surface area contributed by atoms with Gasteiger partial charge in [0.05, 0.1) is 0 Å². The molecule has 0 aromatic heterocycles. The van der Waals surface area contributed by atoms with E-state index in [0.717, 1.165) is 10.0 Å². The van der Waals surface area contributed by atoms with E-state index in [1.54, 1.807) is 0 Å². The molecule has 1 atom stereocenters. The van der Waals surface area contributed by atoms with Crippen LogP contribution in [0, 0.1) is 11.7 Å². The van der Waals surface area contributed by atoms with Crippen molar-refractivity contribution in [1.29, 1.82) is 0 Å². The zero-order chi connectivity index (χ0) is 13.0. The summed E-state index contributed by atoms with van der Waals surface area (Å²) in [6.45, 7) is 0. The molecule has 3 heteroatoms. The standard InChI is InChI=1S/C15H21BrFN/c16-13-8-7-12(14(17)10-13)9-15(18)11-5-3-1-2-4-6-11/h7-8,10-11,15H,1-6,9,18H2. The van der Waals surface area contributed by atoms with Gasteiger partial charge in [0.25, 0.3) is 0 Å². The highest BCUT2D eigenvalue weighted by molar-refractivity contribution is 9.10. The molecule has 0 bridgehead atoms. The van der Waals surface area contributed by atoms with Gasteiger partial charge in [0.2, 0.25) is 0 Å². The Hall–Kier alpha value is -0.410. The van der Waals surface area contributed by atoms with Gasteiger partial charge in [0, 0.05) is 10.5 Å². The molecule has 100 valence electrons. The molecule has 0 aliphatic heterocycles. The maximum atomic E-state index is 13.8. The molecule has 1 nitrogen and oxygen atoms in total. The second-order valence-electron chi connectivity index (χ2n) is 5.36. The van der Waals surface area contributed by atoms with Gasteiger partial charge in [0.15, 0.2) is 0 Å². The van der Waals surface area contributed by atoms with Crippen molar-refractivity contribution < 1.29 is 4.39 Å². The molecule has 0 radical (unpaired) electrons. The van der Waals surface area contributed by atoms with E-state index in [2.05, 4.69) is 15.9 Å². The Kier molecular flexibility index (Phi) is 5.19. The summed E-state index contributed by atoms with van der Waals surface area (Å²) in [6.07, 6.45) is 8.29. The molecule has 2 rings (SSSR count). The Morgan fingerprint density at radius 3 is 2.50 bits per heavy atom. The Labute approximate surface area is 117 Å². The van der Waals surface area contributed by atoms with Crippen LogP contribution in [0.2, 0.25) is 0 Å². The quantitative estimate of drug-likeness (QED) is 0.821. The lowest BCUT2D eigenvalue weighted by molar-refractivity contribution is 0.369. The molecular formula is C15H21BrFN. The molecule has 2 N–H and O–H groups in total. The van der Waals surface area contributed by atoms with E-state index in [9.17, 15) is 4.39 Å². The normalized spacial score (nSPS) is 19.5. The highest BCUT2D eigenvalue weighted by Gasteiger charge is 2.20. The van der Waals surface area contributed by atoms with Crippen molar-refractivity contribution in [1.82, 2.24) is 0 Å². The van der Waals surface area contributed by atoms with Crippen molar-refractivity contribution in [2.45, 2.75) is 51.0 Å². The number of hydrogen-bond acceptors (Lipinski definition) is 1. The van der Waals surface area contributed by atoms with Crippen LogP contribution in [0.25, 0.3) is 0 Å². The largest absolute Gasteiger partial charge is 0.327 e. The molecule has 0 saturated heterocycles. The van der Waals surface area contributed by atoms with Gasteiger partial charge < -0.3 is 5.73 Å². The van der Waals surface area contributed by atoms with Crippen LogP contribution in [0.3, 0.4) is 0 Å². The van der Waals surface area contributed by atoms with E-state index in [1.165, 1.54) is 44.6 Å². The average molecular weight is 314 g/mol. The molecule has 0 amide bonds. The lowest BCUT2D eigenvalue weighted by Gasteiger charge is -2.22. The Morgan fingerprint density at radius 2 is 1.89 bits per heavy atom. The number of halogens is 2. The molecule has 1 aromatic carbocycles. The first kappa shape index (κ1) is 14.0. The monoisotopic (exact) mass is 313 g/mol. The Morgan fingerprint density at radius 1 is 1.22 bits per heavy atom. The van der Waals surface area contributed by atoms with Gasteiger partial charge in [0.1, 0.15) is 5.82 Å². The summed E-state index contributed by atoms with van der Waals surface area (Å²) in [5.41, 5.74) is 7.02. The lowest BCUT2D eigenvalue weighted by atomic mass is 9.88. The number of benzene rings is 1. The molecule has 1 unspecified atom stereocenters. The van der Waals surface area contributed by atoms with Crippen molar-refractivity contribution in [2.24, 2.45) is 11.7 Å². The number of rotatable bonds is 3. The fourth-order valence-electron chi connectivity index (χ4n) is 2.85. The van der Waals surface area contributed by atoms with Crippen molar-refractivity contribution in [3.63, 3.8) is 0 Å². The maximum Gasteiger partial charge on any atom is 0.127 e. The van der Waals surface area contributed by atoms with E-state index in [-0.39, 0.29) is 11.9 Å². The predicted octanol–water partition coefficient (Wildman–Crippen LogP) is 4.43. The first-order valence-electron chi connectivity index (χ1n) is 6.86. The Bertz CT molecular complexity index is 386. The van der Waals surface area contributed by atoms with Gasteiger partial charge in [-0.25, -0.2) is 4.39 Å². The molecule has 18 heavy (non-hydrogen) atoms. The first-order chi connectivity index (χ1) is 8.66. The van der Waals surface area contributed by atoms with Gasteiger partial charge in [-0.15, -0.1) is 0 Å². The number of nitrogens with two attached hydrogens (primary N) is 1. The fraction of sp³-hybridized carbons (Fsp3) is 0.600. The zero-order valence-electron chi connectivity index (χ0n) is 10.7. The predicted molar refractivity (Wildman–Crippen MR) is 77.0 cm³/mol. The van der Waals surface area contributed by atoms with Crippen LogP contribution < -0.4 is 5.73 Å². The minimum Gasteiger partial charge on any atom is -0.327 e. The van der Waals surface area contributed by atoms with Crippen molar-refractivity contribution >= 4 is 15.9 Å². The second kappa shape index (κ2) is 6.67. The zero-order valence-corrected chi connectivity index (χ0v) is 12.3. The first-order valence-corrected chi connectivity index (χ1v) is 7.65. The van der Waals surface area contributed by atoms with Crippen molar-refractivity contribution in [3.8, 4) is 0 Å². The second-order valence-corrected chi connectivity index (χ2v) is 6.27. The number of hydrogen-bond donors (Lipinski definition) is 1. The van der Waals surface area contributed by atoms with Crippen LogP contribution in [0.15, 0.2) is 22.7 Å². The maximum absolute atomic E-state index is 13.8. The smallest absolute Gasteiger partial charge is 0.127 e. The summed E-state index contributed by atoms with van der Waals surface area (Å²) >= 11 is 3.28. The third-order valence-corrected chi connectivity index (χ3v) is 4.47. The van der Waals surface area contributed by atoms with E-state index in [0.29, 0.717) is 12.3 Å². The SMILES string of the molecule is NC(Cc1ccc(Br)cc1F)C1CCCCCC1. The topological polar surface area (TPSA) is 26.0 Å². The molecule has 1 saturated carbocycles. The average Bonchev–Trinajstić information content (AvgIpc) is 2.61. The van der Waals surface area contributed by atoms with Crippen LogP contribution in [0.1, 0.15) is 44.1 Å². The highest BCUT2D eigenvalue weighted by atomic mass is 79.9. The van der Waals surface area contributed by atoms with Gasteiger partial charge in [-0.2, -0.15) is 0 Å². The van der Waals surface area contributed by atoms with E-state index in [1.807, 2.05) is 12.1 Å². The summed E-state index contributed by atoms with van der Waals surface area (Å²) in [6, 6.07) is 5.35. The molecule has 1 aromatic rings. The fourth-order valence-corrected chi connectivity index (χ4v) is 3.18. The highest BCUT2D eigenvalue weighted by Crippen LogP contribution is 2.27. The minimum atomic E-state index is -0.145. The minimum absolute atomic E-state index is 0.0961. The molecular weight excluding hydrogens is 293 g/mol. The summed E-state index contributed by atoms with van der Waals surface area (Å²) in [5, 5.41) is 0. The van der Waals surface area contributed by atoms with Crippen LogP contribution in [-0.4, -0.2) is 6.04 Å². The van der Waals surface area contributed by atoms with Gasteiger partial charge >= 0.3 is 0 Å². The molecule has 0 heterocycles. The van der Waals surface area contributed by atoms with Crippen LogP contribution >= 0.6 is 15.9 Å². The van der Waals surface area contributed by atoms with Gasteiger partial charge in [-0.05, 0) is 42.9 Å². The molecule has 1 aliphatic rings. The molecule has 1 aliphatic carbocycles.